The van der Waals surface area contributed by atoms with Crippen LogP contribution in [-0.2, 0) is 6.42 Å². The van der Waals surface area contributed by atoms with Crippen molar-refractivity contribution >= 4 is 5.69 Å². The van der Waals surface area contributed by atoms with Gasteiger partial charge in [-0.2, -0.15) is 0 Å². The molecule has 0 amide bonds. The molecule has 2 rings (SSSR count). The van der Waals surface area contributed by atoms with Gasteiger partial charge in [0.25, 0.3) is 0 Å². The van der Waals surface area contributed by atoms with Gasteiger partial charge >= 0.3 is 0 Å². The molecular formula is C18H23NO. The molecule has 0 radical (unpaired) electrons. The third-order valence-electron chi connectivity index (χ3n) is 3.02. The summed E-state index contributed by atoms with van der Waals surface area (Å²) in [4.78, 5) is 0. The van der Waals surface area contributed by atoms with E-state index in [4.69, 9.17) is 4.74 Å². The van der Waals surface area contributed by atoms with Gasteiger partial charge in [-0.25, -0.2) is 0 Å². The monoisotopic (exact) mass is 269 g/mol. The van der Waals surface area contributed by atoms with E-state index in [1.165, 1.54) is 5.56 Å². The normalized spacial score (nSPS) is 10.6. The lowest BCUT2D eigenvalue weighted by Gasteiger charge is -2.12. The van der Waals surface area contributed by atoms with Crippen LogP contribution in [0.5, 0.6) is 5.75 Å². The summed E-state index contributed by atoms with van der Waals surface area (Å²) in [7, 11) is 0. The molecule has 2 aromatic carbocycles. The van der Waals surface area contributed by atoms with Gasteiger partial charge in [0.05, 0.1) is 6.10 Å². The average Bonchev–Trinajstić information content (AvgIpc) is 2.44. The van der Waals surface area contributed by atoms with Gasteiger partial charge in [0.15, 0.2) is 0 Å². The van der Waals surface area contributed by atoms with Crippen LogP contribution in [0, 0.1) is 0 Å². The highest BCUT2D eigenvalue weighted by Crippen LogP contribution is 2.18. The maximum atomic E-state index is 5.69. The number of rotatable bonds is 7. The van der Waals surface area contributed by atoms with Crippen LogP contribution in [0.1, 0.15) is 25.8 Å². The lowest BCUT2D eigenvalue weighted by atomic mass is 10.1. The first-order valence-electron chi connectivity index (χ1n) is 7.28. The van der Waals surface area contributed by atoms with Crippen LogP contribution in [0.15, 0.2) is 54.6 Å². The minimum atomic E-state index is 0.211. The molecule has 0 saturated heterocycles. The fourth-order valence-corrected chi connectivity index (χ4v) is 2.12. The van der Waals surface area contributed by atoms with E-state index in [1.54, 1.807) is 0 Å². The Kier molecular flexibility index (Phi) is 5.48. The summed E-state index contributed by atoms with van der Waals surface area (Å²) in [6.07, 6.45) is 2.44. The first kappa shape index (κ1) is 14.4. The second kappa shape index (κ2) is 7.59. The van der Waals surface area contributed by atoms with Gasteiger partial charge in [-0.05, 0) is 44.4 Å². The van der Waals surface area contributed by atoms with Crippen molar-refractivity contribution in [2.75, 3.05) is 11.9 Å². The van der Waals surface area contributed by atoms with Crippen molar-refractivity contribution in [3.63, 3.8) is 0 Å². The van der Waals surface area contributed by atoms with Gasteiger partial charge in [-0.1, -0.05) is 36.4 Å². The van der Waals surface area contributed by atoms with E-state index in [1.807, 2.05) is 26.0 Å². The summed E-state index contributed by atoms with van der Waals surface area (Å²) in [5.41, 5.74) is 2.52. The summed E-state index contributed by atoms with van der Waals surface area (Å²) in [5.74, 6) is 0.924. The van der Waals surface area contributed by atoms with Crippen LogP contribution in [0.3, 0.4) is 0 Å². The van der Waals surface area contributed by atoms with Crippen molar-refractivity contribution in [3.05, 3.63) is 60.2 Å². The van der Waals surface area contributed by atoms with Gasteiger partial charge in [-0.3, -0.25) is 0 Å². The predicted molar refractivity (Wildman–Crippen MR) is 85.5 cm³/mol. The van der Waals surface area contributed by atoms with Crippen LogP contribution in [0.25, 0.3) is 0 Å². The fraction of sp³-hybridized carbons (Fsp3) is 0.333. The number of anilines is 1. The second-order valence-electron chi connectivity index (χ2n) is 5.21. The molecule has 0 heterocycles. The van der Waals surface area contributed by atoms with E-state index in [-0.39, 0.29) is 6.10 Å². The number of aryl methyl sites for hydroxylation is 1. The summed E-state index contributed by atoms with van der Waals surface area (Å²) in [5, 5.41) is 3.45. The van der Waals surface area contributed by atoms with Gasteiger partial charge in [0.1, 0.15) is 5.75 Å². The molecule has 0 aliphatic rings. The van der Waals surface area contributed by atoms with Crippen molar-refractivity contribution in [1.29, 1.82) is 0 Å². The molecule has 0 fully saturated rings. The Bertz CT molecular complexity index is 508. The molecule has 0 bridgehead atoms. The zero-order chi connectivity index (χ0) is 14.2. The van der Waals surface area contributed by atoms with Gasteiger partial charge in [0, 0.05) is 18.3 Å². The Hall–Kier alpha value is -1.96. The zero-order valence-corrected chi connectivity index (χ0v) is 12.3. The van der Waals surface area contributed by atoms with Crippen molar-refractivity contribution in [2.45, 2.75) is 32.8 Å². The van der Waals surface area contributed by atoms with Crippen molar-refractivity contribution < 1.29 is 4.74 Å². The molecule has 2 aromatic rings. The van der Waals surface area contributed by atoms with E-state index >= 15 is 0 Å². The highest BCUT2D eigenvalue weighted by Gasteiger charge is 1.99. The fourth-order valence-electron chi connectivity index (χ4n) is 2.12. The summed E-state index contributed by atoms with van der Waals surface area (Å²) >= 11 is 0. The number of benzene rings is 2. The van der Waals surface area contributed by atoms with Gasteiger partial charge in [0.2, 0.25) is 0 Å². The number of hydrogen-bond acceptors (Lipinski definition) is 2. The van der Waals surface area contributed by atoms with E-state index in [0.717, 1.165) is 30.8 Å². The second-order valence-corrected chi connectivity index (χ2v) is 5.21. The molecule has 20 heavy (non-hydrogen) atoms. The molecule has 0 unspecified atom stereocenters. The maximum absolute atomic E-state index is 5.69. The smallest absolute Gasteiger partial charge is 0.121 e. The minimum Gasteiger partial charge on any atom is -0.491 e. The number of hydrogen-bond donors (Lipinski definition) is 1. The molecule has 1 N–H and O–H groups in total. The molecule has 106 valence electrons. The standard InChI is InChI=1S/C18H23NO/c1-15(2)20-18-12-6-11-17(14-18)19-13-7-10-16-8-4-3-5-9-16/h3-6,8-9,11-12,14-15,19H,7,10,13H2,1-2H3. The summed E-state index contributed by atoms with van der Waals surface area (Å²) in [6.45, 7) is 5.06. The quantitative estimate of drug-likeness (QED) is 0.746. The van der Waals surface area contributed by atoms with Gasteiger partial charge in [-0.15, -0.1) is 0 Å². The van der Waals surface area contributed by atoms with Gasteiger partial charge < -0.3 is 10.1 Å². The van der Waals surface area contributed by atoms with E-state index < -0.39 is 0 Å². The Labute approximate surface area is 121 Å². The first-order valence-corrected chi connectivity index (χ1v) is 7.28. The van der Waals surface area contributed by atoms with Crippen molar-refractivity contribution in [1.82, 2.24) is 0 Å². The first-order chi connectivity index (χ1) is 9.74. The molecule has 0 aliphatic carbocycles. The Balaban J connectivity index is 1.76. The molecule has 0 atom stereocenters. The number of nitrogens with one attached hydrogen (secondary N) is 1. The third-order valence-corrected chi connectivity index (χ3v) is 3.02. The molecule has 0 spiro atoms. The highest BCUT2D eigenvalue weighted by molar-refractivity contribution is 5.48. The molecule has 2 nitrogen and oxygen atoms in total. The summed E-state index contributed by atoms with van der Waals surface area (Å²) < 4.78 is 5.69. The Morgan fingerprint density at radius 3 is 2.55 bits per heavy atom. The highest BCUT2D eigenvalue weighted by atomic mass is 16.5. The Morgan fingerprint density at radius 2 is 1.80 bits per heavy atom. The van der Waals surface area contributed by atoms with E-state index in [2.05, 4.69) is 47.8 Å². The van der Waals surface area contributed by atoms with Crippen LogP contribution in [0.2, 0.25) is 0 Å². The average molecular weight is 269 g/mol. The zero-order valence-electron chi connectivity index (χ0n) is 12.3. The lowest BCUT2D eigenvalue weighted by Crippen LogP contribution is -2.06. The van der Waals surface area contributed by atoms with E-state index in [9.17, 15) is 0 Å². The lowest BCUT2D eigenvalue weighted by molar-refractivity contribution is 0.242. The van der Waals surface area contributed by atoms with Crippen molar-refractivity contribution in [3.8, 4) is 5.75 Å². The topological polar surface area (TPSA) is 21.3 Å². The van der Waals surface area contributed by atoms with E-state index in [0.29, 0.717) is 0 Å². The minimum absolute atomic E-state index is 0.211. The predicted octanol–water partition coefficient (Wildman–Crippen LogP) is 4.52. The molecule has 2 heteroatoms. The number of ether oxygens (including phenoxy) is 1. The third kappa shape index (κ3) is 4.96. The molecular weight excluding hydrogens is 246 g/mol. The SMILES string of the molecule is CC(C)Oc1cccc(NCCCc2ccccc2)c1. The molecule has 0 aromatic heterocycles. The molecule has 0 saturated carbocycles. The van der Waals surface area contributed by atoms with Crippen LogP contribution in [-0.4, -0.2) is 12.6 Å². The summed E-state index contributed by atoms with van der Waals surface area (Å²) in [6, 6.07) is 18.8. The maximum Gasteiger partial charge on any atom is 0.121 e. The van der Waals surface area contributed by atoms with Crippen molar-refractivity contribution in [2.24, 2.45) is 0 Å². The Morgan fingerprint density at radius 1 is 1.00 bits per heavy atom. The largest absolute Gasteiger partial charge is 0.491 e. The van der Waals surface area contributed by atoms with Crippen LogP contribution in [0.4, 0.5) is 5.69 Å². The molecule has 0 aliphatic heterocycles. The van der Waals surface area contributed by atoms with Crippen LogP contribution >= 0.6 is 0 Å². The van der Waals surface area contributed by atoms with Crippen LogP contribution < -0.4 is 10.1 Å².